The van der Waals surface area contributed by atoms with Gasteiger partial charge in [0.25, 0.3) is 10.0 Å². The van der Waals surface area contributed by atoms with E-state index in [1.54, 1.807) is 25.1 Å². The SMILES string of the molecule is CCOc1cc(Oc2ccc(C(F)(F)F)cc2Cl)ccc1[N+](=O)[O-].COc1cc(OC)nc(NC(=O)NS(=O)(=O)c2c(Cl)nc3ccccn23)n1. The zero-order valence-corrected chi connectivity index (χ0v) is 28.6. The fraction of sp³-hybridized carbons (Fsp3) is 0.172. The molecule has 51 heavy (non-hydrogen) atoms. The van der Waals surface area contributed by atoms with Gasteiger partial charge in [-0.1, -0.05) is 29.3 Å². The fourth-order valence-electron chi connectivity index (χ4n) is 4.02. The molecule has 3 aromatic heterocycles. The van der Waals surface area contributed by atoms with Crippen LogP contribution in [0.1, 0.15) is 12.5 Å². The summed E-state index contributed by atoms with van der Waals surface area (Å²) in [5, 5.41) is 12.2. The molecular weight excluding hydrogens is 750 g/mol. The number of pyridine rings is 1. The maximum absolute atomic E-state index is 12.6. The number of carbonyl (C=O) groups is 1. The molecule has 0 radical (unpaired) electrons. The first-order valence-electron chi connectivity index (χ1n) is 14.0. The van der Waals surface area contributed by atoms with Gasteiger partial charge in [0, 0.05) is 18.3 Å². The van der Waals surface area contributed by atoms with Gasteiger partial charge in [-0.05, 0) is 43.3 Å². The molecular formula is C29H24Cl2F3N7O9S. The molecule has 0 aliphatic rings. The molecule has 0 saturated carbocycles. The summed E-state index contributed by atoms with van der Waals surface area (Å²) in [6.07, 6.45) is -3.06. The van der Waals surface area contributed by atoms with Gasteiger partial charge in [-0.3, -0.25) is 19.8 Å². The normalized spacial score (nSPS) is 11.2. The van der Waals surface area contributed by atoms with E-state index in [0.717, 1.165) is 18.2 Å². The van der Waals surface area contributed by atoms with Gasteiger partial charge in [-0.2, -0.15) is 31.6 Å². The van der Waals surface area contributed by atoms with Crippen molar-refractivity contribution in [2.75, 3.05) is 26.1 Å². The van der Waals surface area contributed by atoms with Gasteiger partial charge in [0.2, 0.25) is 23.5 Å². The smallest absolute Gasteiger partial charge is 0.416 e. The van der Waals surface area contributed by atoms with Crippen LogP contribution in [-0.4, -0.2) is 59.6 Å². The summed E-state index contributed by atoms with van der Waals surface area (Å²) >= 11 is 11.7. The van der Waals surface area contributed by atoms with Gasteiger partial charge < -0.3 is 18.9 Å². The quantitative estimate of drug-likeness (QED) is 0.112. The molecule has 22 heteroatoms. The Balaban J connectivity index is 0.000000230. The summed E-state index contributed by atoms with van der Waals surface area (Å²) in [6, 6.07) is 11.5. The average Bonchev–Trinajstić information content (AvgIpc) is 3.41. The van der Waals surface area contributed by atoms with Crippen molar-refractivity contribution in [2.24, 2.45) is 0 Å². The molecule has 0 atom stereocenters. The lowest BCUT2D eigenvalue weighted by Crippen LogP contribution is -2.35. The monoisotopic (exact) mass is 773 g/mol. The molecule has 3 heterocycles. The molecule has 0 aliphatic carbocycles. The lowest BCUT2D eigenvalue weighted by Gasteiger charge is -2.12. The highest BCUT2D eigenvalue weighted by atomic mass is 35.5. The summed E-state index contributed by atoms with van der Waals surface area (Å²) in [7, 11) is -1.61. The van der Waals surface area contributed by atoms with Crippen LogP contribution in [0.5, 0.6) is 29.0 Å². The minimum atomic E-state index is -4.52. The number of carbonyl (C=O) groups excluding carboxylic acids is 1. The van der Waals surface area contributed by atoms with Gasteiger partial charge >= 0.3 is 17.9 Å². The number of nitrogens with zero attached hydrogens (tertiary/aromatic N) is 5. The number of hydrogen-bond donors (Lipinski definition) is 2. The number of nitrogens with one attached hydrogen (secondary N) is 2. The van der Waals surface area contributed by atoms with Crippen molar-refractivity contribution in [3.63, 3.8) is 0 Å². The van der Waals surface area contributed by atoms with E-state index in [0.29, 0.717) is 5.65 Å². The molecule has 0 saturated heterocycles. The van der Waals surface area contributed by atoms with Crippen molar-refractivity contribution in [1.82, 2.24) is 24.1 Å². The maximum Gasteiger partial charge on any atom is 0.416 e. The van der Waals surface area contributed by atoms with E-state index in [2.05, 4.69) is 20.3 Å². The van der Waals surface area contributed by atoms with Crippen LogP contribution in [0.15, 0.2) is 71.9 Å². The van der Waals surface area contributed by atoms with Crippen LogP contribution < -0.4 is 29.0 Å². The average molecular weight is 775 g/mol. The summed E-state index contributed by atoms with van der Waals surface area (Å²) in [5.41, 5.74) is -0.842. The highest BCUT2D eigenvalue weighted by Gasteiger charge is 2.31. The third-order valence-electron chi connectivity index (χ3n) is 6.17. The third-order valence-corrected chi connectivity index (χ3v) is 8.19. The number of benzene rings is 2. The lowest BCUT2D eigenvalue weighted by molar-refractivity contribution is -0.385. The molecule has 16 nitrogen and oxygen atoms in total. The highest BCUT2D eigenvalue weighted by Crippen LogP contribution is 2.38. The standard InChI is InChI=1S/C15H11ClF3NO4.C14H13ClN6O5S/c1-2-23-14-8-10(4-5-12(14)20(21)22)24-13-6-3-9(7-11(13)16)15(17,18)19;1-25-9-7-10(26-2)18-13(17-9)19-14(22)20-27(23,24)12-11(15)16-8-5-3-4-6-21(8)12/h3-8H,2H2,1H3;3-7H,1-2H3,(H2,17,18,19,20,22). The molecule has 2 N–H and O–H groups in total. The summed E-state index contributed by atoms with van der Waals surface area (Å²) < 4.78 is 86.5. The highest BCUT2D eigenvalue weighted by molar-refractivity contribution is 7.90. The van der Waals surface area contributed by atoms with Gasteiger partial charge in [0.15, 0.2) is 10.2 Å². The lowest BCUT2D eigenvalue weighted by atomic mass is 10.2. The number of nitro benzene ring substituents is 1. The Hall–Kier alpha value is -5.60. The van der Waals surface area contributed by atoms with Gasteiger partial charge in [0.1, 0.15) is 17.1 Å². The number of methoxy groups -OCH3 is 2. The van der Waals surface area contributed by atoms with Crippen LogP contribution in [0.3, 0.4) is 0 Å². The Morgan fingerprint density at radius 2 is 1.67 bits per heavy atom. The molecule has 5 rings (SSSR count). The first kappa shape index (κ1) is 38.2. The van der Waals surface area contributed by atoms with Crippen LogP contribution >= 0.6 is 23.2 Å². The second-order valence-electron chi connectivity index (χ2n) is 9.54. The fourth-order valence-corrected chi connectivity index (χ4v) is 5.79. The van der Waals surface area contributed by atoms with Crippen LogP contribution in [0.4, 0.5) is 29.6 Å². The van der Waals surface area contributed by atoms with E-state index in [1.165, 1.54) is 49.1 Å². The van der Waals surface area contributed by atoms with Crippen molar-refractivity contribution in [2.45, 2.75) is 18.1 Å². The van der Waals surface area contributed by atoms with Crippen molar-refractivity contribution < 1.29 is 50.3 Å². The number of rotatable bonds is 10. The van der Waals surface area contributed by atoms with E-state index in [-0.39, 0.29) is 62.5 Å². The van der Waals surface area contributed by atoms with Crippen LogP contribution in [0.25, 0.3) is 5.65 Å². The van der Waals surface area contributed by atoms with E-state index in [1.807, 2.05) is 4.72 Å². The summed E-state index contributed by atoms with van der Waals surface area (Å²) in [6.45, 7) is 1.86. The Kier molecular flexibility index (Phi) is 12.0. The number of sulfonamides is 1. The van der Waals surface area contributed by atoms with Gasteiger partial charge in [-0.25, -0.2) is 14.5 Å². The van der Waals surface area contributed by atoms with Crippen molar-refractivity contribution in [1.29, 1.82) is 0 Å². The van der Waals surface area contributed by atoms with E-state index < -0.39 is 32.7 Å². The topological polar surface area (TPSA) is 198 Å². The molecule has 0 bridgehead atoms. The Morgan fingerprint density at radius 1 is 0.980 bits per heavy atom. The predicted molar refractivity (Wildman–Crippen MR) is 175 cm³/mol. The molecule has 0 spiro atoms. The molecule has 2 amide bonds. The first-order valence-corrected chi connectivity index (χ1v) is 16.2. The number of ether oxygens (including phenoxy) is 4. The van der Waals surface area contributed by atoms with Gasteiger partial charge in [-0.15, -0.1) is 0 Å². The Morgan fingerprint density at radius 3 is 2.25 bits per heavy atom. The van der Waals surface area contributed by atoms with E-state index in [9.17, 15) is 36.5 Å². The number of fused-ring (bicyclic) bond motifs is 1. The Labute approximate surface area is 296 Å². The van der Waals surface area contributed by atoms with E-state index >= 15 is 0 Å². The second kappa shape index (κ2) is 16.0. The predicted octanol–water partition coefficient (Wildman–Crippen LogP) is 6.76. The van der Waals surface area contributed by atoms with Crippen molar-refractivity contribution >= 4 is 56.5 Å². The molecule has 270 valence electrons. The minimum absolute atomic E-state index is 0.0111. The largest absolute Gasteiger partial charge is 0.487 e. The zero-order valence-electron chi connectivity index (χ0n) is 26.3. The maximum atomic E-state index is 12.6. The molecule has 0 aliphatic heterocycles. The van der Waals surface area contributed by atoms with Crippen LogP contribution in [0.2, 0.25) is 10.2 Å². The van der Waals surface area contributed by atoms with Crippen LogP contribution in [0, 0.1) is 10.1 Å². The molecule has 5 aromatic rings. The Bertz CT molecular complexity index is 2170. The minimum Gasteiger partial charge on any atom is -0.487 e. The number of nitro groups is 1. The molecule has 0 fully saturated rings. The third kappa shape index (κ3) is 9.55. The number of urea groups is 1. The zero-order chi connectivity index (χ0) is 37.5. The number of hydrogen-bond acceptors (Lipinski definition) is 12. The van der Waals surface area contributed by atoms with Crippen LogP contribution in [-0.2, 0) is 16.2 Å². The number of amides is 2. The summed E-state index contributed by atoms with van der Waals surface area (Å²) in [5.74, 6) is 0.132. The summed E-state index contributed by atoms with van der Waals surface area (Å²) in [4.78, 5) is 34.1. The number of aromatic nitrogens is 4. The van der Waals surface area contributed by atoms with E-state index in [4.69, 9.17) is 42.1 Å². The van der Waals surface area contributed by atoms with Crippen molar-refractivity contribution in [3.05, 3.63) is 92.7 Å². The number of alkyl halides is 3. The number of imidazole rings is 1. The molecule has 0 unspecified atom stereocenters. The van der Waals surface area contributed by atoms with Gasteiger partial charge in [0.05, 0.1) is 42.4 Å². The number of halogens is 5. The second-order valence-corrected chi connectivity index (χ2v) is 11.9. The first-order chi connectivity index (χ1) is 24.1. The number of anilines is 1. The van der Waals surface area contributed by atoms with Crippen molar-refractivity contribution in [3.8, 4) is 29.0 Å². The molecule has 2 aromatic carbocycles.